The van der Waals surface area contributed by atoms with Crippen LogP contribution in [-0.2, 0) is 19.8 Å². The van der Waals surface area contributed by atoms with Crippen LogP contribution in [0.2, 0.25) is 0 Å². The normalized spacial score (nSPS) is 12.6. The average Bonchev–Trinajstić information content (AvgIpc) is 2.84. The Balaban J connectivity index is 2.00. The van der Waals surface area contributed by atoms with Gasteiger partial charge in [-0.25, -0.2) is 0 Å². The van der Waals surface area contributed by atoms with Crippen molar-refractivity contribution in [2.75, 3.05) is 26.4 Å². The third-order valence-electron chi connectivity index (χ3n) is 5.24. The van der Waals surface area contributed by atoms with Gasteiger partial charge in [0.15, 0.2) is 0 Å². The van der Waals surface area contributed by atoms with Gasteiger partial charge in [-0.3, -0.25) is 0 Å². The molecule has 3 aromatic carbocycles. The van der Waals surface area contributed by atoms with Gasteiger partial charge in [0.05, 0.1) is 13.2 Å². The summed E-state index contributed by atoms with van der Waals surface area (Å²) in [6.07, 6.45) is 1.83. The molecule has 0 aliphatic rings. The summed E-state index contributed by atoms with van der Waals surface area (Å²) in [6, 6.07) is 31.3. The summed E-state index contributed by atoms with van der Waals surface area (Å²) in [4.78, 5) is 0. The van der Waals surface area contributed by atoms with Crippen molar-refractivity contribution < 1.29 is 14.2 Å². The zero-order chi connectivity index (χ0) is 21.8. The standard InChI is InChI=1S/C28H34O3/c1-3-20-29-22-27(30-21-4-2)23-31-28(24-14-8-5-9-15-24,25-16-10-6-11-17-25)26-18-12-7-13-19-26/h5-19,27H,3-4,20-23H2,1-2H3/t27-/m0/s1. The fraction of sp³-hybridized carbons (Fsp3) is 0.357. The Kier molecular flexibility index (Phi) is 9.29. The number of rotatable bonds is 13. The van der Waals surface area contributed by atoms with Gasteiger partial charge in [0, 0.05) is 13.2 Å². The number of ether oxygens (including phenoxy) is 3. The van der Waals surface area contributed by atoms with E-state index in [2.05, 4.69) is 86.6 Å². The summed E-state index contributed by atoms with van der Waals surface area (Å²) in [5.74, 6) is 0. The van der Waals surface area contributed by atoms with Gasteiger partial charge >= 0.3 is 0 Å². The van der Waals surface area contributed by atoms with E-state index in [-0.39, 0.29) is 6.10 Å². The Morgan fingerprint density at radius 1 is 0.613 bits per heavy atom. The van der Waals surface area contributed by atoms with Crippen molar-refractivity contribution >= 4 is 0 Å². The van der Waals surface area contributed by atoms with Gasteiger partial charge in [0.2, 0.25) is 0 Å². The van der Waals surface area contributed by atoms with E-state index < -0.39 is 5.60 Å². The molecule has 164 valence electrons. The summed E-state index contributed by atoms with van der Waals surface area (Å²) in [7, 11) is 0. The molecule has 1 atom stereocenters. The number of benzene rings is 3. The molecule has 3 nitrogen and oxygen atoms in total. The van der Waals surface area contributed by atoms with E-state index >= 15 is 0 Å². The van der Waals surface area contributed by atoms with E-state index in [1.54, 1.807) is 0 Å². The summed E-state index contributed by atoms with van der Waals surface area (Å²) >= 11 is 0. The molecule has 0 aromatic heterocycles. The van der Waals surface area contributed by atoms with E-state index in [9.17, 15) is 0 Å². The smallest absolute Gasteiger partial charge is 0.143 e. The molecule has 3 rings (SSSR count). The van der Waals surface area contributed by atoms with Crippen molar-refractivity contribution in [2.45, 2.75) is 38.4 Å². The molecular weight excluding hydrogens is 384 g/mol. The summed E-state index contributed by atoms with van der Waals surface area (Å²) in [5, 5.41) is 0. The number of hydrogen-bond acceptors (Lipinski definition) is 3. The maximum absolute atomic E-state index is 6.87. The predicted octanol–water partition coefficient (Wildman–Crippen LogP) is 6.22. The highest BCUT2D eigenvalue weighted by Crippen LogP contribution is 2.40. The van der Waals surface area contributed by atoms with Gasteiger partial charge in [0.1, 0.15) is 11.7 Å². The van der Waals surface area contributed by atoms with Gasteiger partial charge in [-0.15, -0.1) is 0 Å². The largest absolute Gasteiger partial charge is 0.379 e. The quantitative estimate of drug-likeness (QED) is 0.244. The minimum absolute atomic E-state index is 0.123. The molecule has 3 aromatic rings. The van der Waals surface area contributed by atoms with Crippen LogP contribution in [0.4, 0.5) is 0 Å². The lowest BCUT2D eigenvalue weighted by Gasteiger charge is -2.37. The Bertz CT molecular complexity index is 753. The highest BCUT2D eigenvalue weighted by molar-refractivity contribution is 5.47. The van der Waals surface area contributed by atoms with E-state index in [0.717, 1.165) is 36.1 Å². The molecule has 0 radical (unpaired) electrons. The third kappa shape index (κ3) is 6.04. The highest BCUT2D eigenvalue weighted by Gasteiger charge is 2.38. The minimum Gasteiger partial charge on any atom is -0.379 e. The van der Waals surface area contributed by atoms with Crippen LogP contribution in [-0.4, -0.2) is 32.5 Å². The van der Waals surface area contributed by atoms with Crippen LogP contribution in [0, 0.1) is 0 Å². The lowest BCUT2D eigenvalue weighted by Crippen LogP contribution is -2.37. The second kappa shape index (κ2) is 12.4. The molecule has 0 saturated heterocycles. The zero-order valence-corrected chi connectivity index (χ0v) is 18.7. The molecule has 3 heteroatoms. The maximum atomic E-state index is 6.87. The number of hydrogen-bond donors (Lipinski definition) is 0. The summed E-state index contributed by atoms with van der Waals surface area (Å²) in [5.41, 5.74) is 2.55. The zero-order valence-electron chi connectivity index (χ0n) is 18.7. The van der Waals surface area contributed by atoms with Gasteiger partial charge < -0.3 is 14.2 Å². The van der Waals surface area contributed by atoms with Crippen LogP contribution < -0.4 is 0 Å². The van der Waals surface area contributed by atoms with Crippen LogP contribution >= 0.6 is 0 Å². The van der Waals surface area contributed by atoms with Gasteiger partial charge in [-0.2, -0.15) is 0 Å². The maximum Gasteiger partial charge on any atom is 0.143 e. The van der Waals surface area contributed by atoms with Crippen LogP contribution in [0.5, 0.6) is 0 Å². The average molecular weight is 419 g/mol. The van der Waals surface area contributed by atoms with Crippen molar-refractivity contribution in [1.29, 1.82) is 0 Å². The topological polar surface area (TPSA) is 27.7 Å². The molecule has 0 aliphatic carbocycles. The molecule has 0 amide bonds. The van der Waals surface area contributed by atoms with Crippen molar-refractivity contribution in [1.82, 2.24) is 0 Å². The van der Waals surface area contributed by atoms with Crippen LogP contribution in [0.15, 0.2) is 91.0 Å². The van der Waals surface area contributed by atoms with Crippen molar-refractivity contribution in [3.63, 3.8) is 0 Å². The Morgan fingerprint density at radius 2 is 1.06 bits per heavy atom. The summed E-state index contributed by atoms with van der Waals surface area (Å²) < 4.78 is 18.8. The molecule has 0 aliphatic heterocycles. The molecule has 0 heterocycles. The first-order valence-electron chi connectivity index (χ1n) is 11.3. The van der Waals surface area contributed by atoms with Crippen LogP contribution in [0.3, 0.4) is 0 Å². The predicted molar refractivity (Wildman–Crippen MR) is 126 cm³/mol. The fourth-order valence-electron chi connectivity index (χ4n) is 3.77. The lowest BCUT2D eigenvalue weighted by molar-refractivity contribution is -0.0913. The van der Waals surface area contributed by atoms with E-state index in [0.29, 0.717) is 19.8 Å². The molecule has 0 bridgehead atoms. The van der Waals surface area contributed by atoms with Gasteiger partial charge in [0.25, 0.3) is 0 Å². The van der Waals surface area contributed by atoms with E-state index in [1.165, 1.54) is 0 Å². The van der Waals surface area contributed by atoms with Crippen molar-refractivity contribution in [3.05, 3.63) is 108 Å². The monoisotopic (exact) mass is 418 g/mol. The van der Waals surface area contributed by atoms with Gasteiger partial charge in [-0.1, -0.05) is 105 Å². The highest BCUT2D eigenvalue weighted by atomic mass is 16.6. The lowest BCUT2D eigenvalue weighted by atomic mass is 9.80. The van der Waals surface area contributed by atoms with Crippen LogP contribution in [0.1, 0.15) is 43.4 Å². The molecule has 0 spiro atoms. The second-order valence-electron chi connectivity index (χ2n) is 7.66. The Labute approximate surface area is 187 Å². The molecule has 0 N–H and O–H groups in total. The second-order valence-corrected chi connectivity index (χ2v) is 7.66. The Hall–Kier alpha value is -2.46. The Morgan fingerprint density at radius 3 is 1.48 bits per heavy atom. The van der Waals surface area contributed by atoms with E-state index in [4.69, 9.17) is 14.2 Å². The molecule has 0 unspecified atom stereocenters. The van der Waals surface area contributed by atoms with Gasteiger partial charge in [-0.05, 0) is 29.5 Å². The van der Waals surface area contributed by atoms with Crippen molar-refractivity contribution in [3.8, 4) is 0 Å². The first-order valence-corrected chi connectivity index (χ1v) is 11.3. The molecule has 0 fully saturated rings. The first-order chi connectivity index (χ1) is 15.3. The minimum atomic E-state index is -0.734. The first kappa shape index (κ1) is 23.2. The third-order valence-corrected chi connectivity index (χ3v) is 5.24. The molecule has 31 heavy (non-hydrogen) atoms. The molecular formula is C28H34O3. The van der Waals surface area contributed by atoms with Crippen molar-refractivity contribution in [2.24, 2.45) is 0 Å². The summed E-state index contributed by atoms with van der Waals surface area (Å²) in [6.45, 7) is 6.62. The van der Waals surface area contributed by atoms with E-state index in [1.807, 2.05) is 18.2 Å². The molecule has 0 saturated carbocycles. The fourth-order valence-corrected chi connectivity index (χ4v) is 3.77. The SMILES string of the molecule is CCCOC[C@@H](COC(c1ccccc1)(c1ccccc1)c1ccccc1)OCCC. The van der Waals surface area contributed by atoms with Crippen LogP contribution in [0.25, 0.3) is 0 Å².